The Kier molecular flexibility index (Phi) is 5.18. The average Bonchev–Trinajstić information content (AvgIpc) is 2.76. The third-order valence-electron chi connectivity index (χ3n) is 3.77. The van der Waals surface area contributed by atoms with Crippen LogP contribution >= 0.6 is 0 Å². The van der Waals surface area contributed by atoms with Crippen molar-refractivity contribution < 1.29 is 0 Å². The normalized spacial score (nSPS) is 13.2. The molecule has 0 aliphatic rings. The first-order valence-electron chi connectivity index (χ1n) is 7.77. The Morgan fingerprint density at radius 1 is 1.25 bits per heavy atom. The zero-order valence-corrected chi connectivity index (χ0v) is 13.2. The van der Waals surface area contributed by atoms with E-state index in [4.69, 9.17) is 4.98 Å². The quantitative estimate of drug-likeness (QED) is 0.835. The molecule has 0 aliphatic carbocycles. The molecule has 0 spiro atoms. The van der Waals surface area contributed by atoms with E-state index in [2.05, 4.69) is 62.0 Å². The van der Waals surface area contributed by atoms with E-state index in [1.54, 1.807) is 0 Å². The minimum Gasteiger partial charge on any atom is -0.328 e. The molecule has 0 saturated heterocycles. The molecule has 1 aromatic carbocycles. The van der Waals surface area contributed by atoms with Crippen molar-refractivity contribution in [2.45, 2.75) is 52.6 Å². The number of fused-ring (bicyclic) bond motifs is 1. The van der Waals surface area contributed by atoms with Crippen LogP contribution in [-0.2, 0) is 13.0 Å². The molecular formula is C17H27N3. The van der Waals surface area contributed by atoms with Crippen molar-refractivity contribution in [3.63, 3.8) is 0 Å². The maximum Gasteiger partial charge on any atom is 0.111 e. The topological polar surface area (TPSA) is 29.9 Å². The minimum absolute atomic E-state index is 0.502. The summed E-state index contributed by atoms with van der Waals surface area (Å²) in [7, 11) is 2.06. The van der Waals surface area contributed by atoms with Crippen molar-refractivity contribution in [1.29, 1.82) is 0 Å². The number of hydrogen-bond donors (Lipinski definition) is 1. The van der Waals surface area contributed by atoms with Crippen molar-refractivity contribution in [2.75, 3.05) is 7.05 Å². The molecule has 0 saturated carbocycles. The van der Waals surface area contributed by atoms with Gasteiger partial charge in [0.15, 0.2) is 0 Å². The van der Waals surface area contributed by atoms with Crippen LogP contribution < -0.4 is 5.32 Å². The number of imidazole rings is 1. The van der Waals surface area contributed by atoms with Gasteiger partial charge in [-0.3, -0.25) is 0 Å². The zero-order valence-electron chi connectivity index (χ0n) is 13.2. The summed E-state index contributed by atoms with van der Waals surface area (Å²) in [6.07, 6.45) is 3.33. The fraction of sp³-hybridized carbons (Fsp3) is 0.588. The monoisotopic (exact) mass is 273 g/mol. The number of nitrogens with one attached hydrogen (secondary N) is 1. The summed E-state index contributed by atoms with van der Waals surface area (Å²) in [5.74, 6) is 1.92. The molecule has 1 aromatic heterocycles. The number of aromatic nitrogens is 2. The molecular weight excluding hydrogens is 246 g/mol. The Bertz CT molecular complexity index is 542. The van der Waals surface area contributed by atoms with Gasteiger partial charge in [0.05, 0.1) is 11.0 Å². The van der Waals surface area contributed by atoms with E-state index in [1.165, 1.54) is 17.8 Å². The van der Waals surface area contributed by atoms with Gasteiger partial charge < -0.3 is 9.88 Å². The van der Waals surface area contributed by atoms with Crippen LogP contribution in [0.25, 0.3) is 11.0 Å². The first kappa shape index (κ1) is 15.0. The summed E-state index contributed by atoms with van der Waals surface area (Å²) in [6.45, 7) is 7.83. The van der Waals surface area contributed by atoms with Crippen LogP contribution in [0.15, 0.2) is 24.3 Å². The van der Waals surface area contributed by atoms with E-state index < -0.39 is 0 Å². The van der Waals surface area contributed by atoms with Crippen LogP contribution in [0.3, 0.4) is 0 Å². The lowest BCUT2D eigenvalue weighted by molar-refractivity contribution is 0.429. The van der Waals surface area contributed by atoms with Gasteiger partial charge >= 0.3 is 0 Å². The third kappa shape index (κ3) is 3.40. The second kappa shape index (κ2) is 6.89. The van der Waals surface area contributed by atoms with Crippen LogP contribution in [0, 0.1) is 5.92 Å². The predicted octanol–water partition coefficient (Wildman–Crippen LogP) is 3.62. The summed E-state index contributed by atoms with van der Waals surface area (Å²) in [4.78, 5) is 4.85. The molecule has 1 heterocycles. The van der Waals surface area contributed by atoms with Crippen molar-refractivity contribution in [3.8, 4) is 0 Å². The van der Waals surface area contributed by atoms with Crippen molar-refractivity contribution in [1.82, 2.24) is 14.9 Å². The summed E-state index contributed by atoms with van der Waals surface area (Å²) in [5, 5.41) is 3.44. The van der Waals surface area contributed by atoms with Gasteiger partial charge in [-0.25, -0.2) is 4.98 Å². The molecule has 3 heteroatoms. The van der Waals surface area contributed by atoms with Gasteiger partial charge in [-0.15, -0.1) is 0 Å². The number of para-hydroxylation sites is 2. The minimum atomic E-state index is 0.502. The summed E-state index contributed by atoms with van der Waals surface area (Å²) >= 11 is 0. The number of nitrogens with zero attached hydrogens (tertiary/aromatic N) is 2. The van der Waals surface area contributed by atoms with Crippen LogP contribution in [-0.4, -0.2) is 22.6 Å². The predicted molar refractivity (Wildman–Crippen MR) is 86.0 cm³/mol. The fourth-order valence-electron chi connectivity index (χ4n) is 2.85. The molecule has 0 fully saturated rings. The summed E-state index contributed by atoms with van der Waals surface area (Å²) < 4.78 is 2.39. The van der Waals surface area contributed by atoms with Crippen molar-refractivity contribution in [2.24, 2.45) is 5.92 Å². The van der Waals surface area contributed by atoms with Gasteiger partial charge in [0, 0.05) is 19.0 Å². The first-order chi connectivity index (χ1) is 9.65. The molecule has 1 atom stereocenters. The maximum absolute atomic E-state index is 4.85. The van der Waals surface area contributed by atoms with E-state index >= 15 is 0 Å². The van der Waals surface area contributed by atoms with Gasteiger partial charge in [0.25, 0.3) is 0 Å². The van der Waals surface area contributed by atoms with Crippen LogP contribution in [0.4, 0.5) is 0 Å². The lowest BCUT2D eigenvalue weighted by atomic mass is 10.0. The highest BCUT2D eigenvalue weighted by Crippen LogP contribution is 2.19. The Morgan fingerprint density at radius 3 is 2.65 bits per heavy atom. The van der Waals surface area contributed by atoms with Crippen molar-refractivity contribution >= 4 is 11.0 Å². The number of likely N-dealkylation sites (N-methyl/N-ethyl adjacent to an activating group) is 1. The van der Waals surface area contributed by atoms with E-state index in [9.17, 15) is 0 Å². The second-order valence-electron chi connectivity index (χ2n) is 5.99. The highest BCUT2D eigenvalue weighted by molar-refractivity contribution is 5.75. The SMILES string of the molecule is CCCn1c(CC(CC(C)C)NC)nc2ccccc21. The smallest absolute Gasteiger partial charge is 0.111 e. The Hall–Kier alpha value is -1.35. The second-order valence-corrected chi connectivity index (χ2v) is 5.99. The van der Waals surface area contributed by atoms with E-state index in [-0.39, 0.29) is 0 Å². The lowest BCUT2D eigenvalue weighted by Crippen LogP contribution is -2.30. The lowest BCUT2D eigenvalue weighted by Gasteiger charge is -2.18. The van der Waals surface area contributed by atoms with Gasteiger partial charge in [-0.1, -0.05) is 32.9 Å². The molecule has 0 aliphatic heterocycles. The molecule has 2 rings (SSSR count). The molecule has 0 radical (unpaired) electrons. The average molecular weight is 273 g/mol. The van der Waals surface area contributed by atoms with Crippen LogP contribution in [0.2, 0.25) is 0 Å². The zero-order chi connectivity index (χ0) is 14.5. The van der Waals surface area contributed by atoms with E-state index in [1.807, 2.05) is 0 Å². The Morgan fingerprint density at radius 2 is 2.00 bits per heavy atom. The maximum atomic E-state index is 4.85. The molecule has 1 unspecified atom stereocenters. The van der Waals surface area contributed by atoms with Gasteiger partial charge in [-0.05, 0) is 37.9 Å². The Labute approximate surface area is 122 Å². The standard InChI is InChI=1S/C17H27N3/c1-5-10-20-16-9-7-6-8-15(16)19-17(20)12-14(18-4)11-13(2)3/h6-9,13-14,18H,5,10-12H2,1-4H3. The Balaban J connectivity index is 2.29. The summed E-state index contributed by atoms with van der Waals surface area (Å²) in [6, 6.07) is 8.96. The van der Waals surface area contributed by atoms with Gasteiger partial charge in [0.1, 0.15) is 5.82 Å². The molecule has 1 N–H and O–H groups in total. The largest absolute Gasteiger partial charge is 0.328 e. The molecule has 20 heavy (non-hydrogen) atoms. The van der Waals surface area contributed by atoms with Crippen LogP contribution in [0.5, 0.6) is 0 Å². The van der Waals surface area contributed by atoms with Crippen molar-refractivity contribution in [3.05, 3.63) is 30.1 Å². The third-order valence-corrected chi connectivity index (χ3v) is 3.77. The number of hydrogen-bond acceptors (Lipinski definition) is 2. The molecule has 110 valence electrons. The number of rotatable bonds is 7. The van der Waals surface area contributed by atoms with Crippen LogP contribution in [0.1, 0.15) is 39.4 Å². The number of benzene rings is 1. The highest BCUT2D eigenvalue weighted by atomic mass is 15.1. The van der Waals surface area contributed by atoms with E-state index in [0.29, 0.717) is 12.0 Å². The molecule has 0 amide bonds. The molecule has 3 nitrogen and oxygen atoms in total. The molecule has 0 bridgehead atoms. The fourth-order valence-corrected chi connectivity index (χ4v) is 2.85. The number of aryl methyl sites for hydroxylation is 1. The van der Waals surface area contributed by atoms with Gasteiger partial charge in [-0.2, -0.15) is 0 Å². The first-order valence-corrected chi connectivity index (χ1v) is 7.77. The van der Waals surface area contributed by atoms with E-state index in [0.717, 1.165) is 24.9 Å². The van der Waals surface area contributed by atoms with Gasteiger partial charge in [0.2, 0.25) is 0 Å². The summed E-state index contributed by atoms with van der Waals surface area (Å²) in [5.41, 5.74) is 2.39. The molecule has 2 aromatic rings. The highest BCUT2D eigenvalue weighted by Gasteiger charge is 2.15.